The quantitative estimate of drug-likeness (QED) is 0.625. The molecule has 3 aromatic rings. The summed E-state index contributed by atoms with van der Waals surface area (Å²) in [5.41, 5.74) is 1.73. The number of benzene rings is 3. The third-order valence-corrected chi connectivity index (χ3v) is 6.65. The summed E-state index contributed by atoms with van der Waals surface area (Å²) in [5.74, 6) is -0.925. The Bertz CT molecular complexity index is 1160. The van der Waals surface area contributed by atoms with Gasteiger partial charge in [0.15, 0.2) is 0 Å². The molecule has 8 heteroatoms. The predicted octanol–water partition coefficient (Wildman–Crippen LogP) is 4.86. The summed E-state index contributed by atoms with van der Waals surface area (Å²) >= 11 is 6.07. The zero-order chi connectivity index (χ0) is 21.2. The fourth-order valence-electron chi connectivity index (χ4n) is 2.68. The molecule has 0 aromatic heterocycles. The van der Waals surface area contributed by atoms with E-state index in [9.17, 15) is 17.6 Å². The number of halogens is 2. The fraction of sp³-hybridized carbons (Fsp3) is 0.0952. The Morgan fingerprint density at radius 1 is 1.03 bits per heavy atom. The van der Waals surface area contributed by atoms with Crippen molar-refractivity contribution in [3.63, 3.8) is 0 Å². The second-order valence-electron chi connectivity index (χ2n) is 6.34. The summed E-state index contributed by atoms with van der Waals surface area (Å²) in [6.45, 7) is 1.77. The van der Waals surface area contributed by atoms with E-state index in [-0.39, 0.29) is 10.5 Å². The highest BCUT2D eigenvalue weighted by Crippen LogP contribution is 2.25. The second-order valence-corrected chi connectivity index (χ2v) is 8.72. The van der Waals surface area contributed by atoms with E-state index in [0.717, 1.165) is 4.31 Å². The van der Waals surface area contributed by atoms with E-state index < -0.39 is 21.7 Å². The summed E-state index contributed by atoms with van der Waals surface area (Å²) in [6.07, 6.45) is 0. The van der Waals surface area contributed by atoms with E-state index >= 15 is 0 Å². The minimum absolute atomic E-state index is 0.0557. The van der Waals surface area contributed by atoms with Crippen LogP contribution in [0.4, 0.5) is 15.8 Å². The third-order valence-electron chi connectivity index (χ3n) is 4.46. The predicted molar refractivity (Wildman–Crippen MR) is 113 cm³/mol. The normalized spacial score (nSPS) is 11.2. The number of sulfonamides is 1. The highest BCUT2D eigenvalue weighted by molar-refractivity contribution is 7.92. The molecular formula is C21H18ClFN2O3S. The van der Waals surface area contributed by atoms with Gasteiger partial charge in [-0.3, -0.25) is 9.10 Å². The van der Waals surface area contributed by atoms with Gasteiger partial charge in [-0.15, -0.1) is 0 Å². The molecule has 150 valence electrons. The summed E-state index contributed by atoms with van der Waals surface area (Å²) < 4.78 is 40.0. The van der Waals surface area contributed by atoms with Gasteiger partial charge in [-0.1, -0.05) is 23.7 Å². The molecule has 0 saturated heterocycles. The van der Waals surface area contributed by atoms with Crippen LogP contribution < -0.4 is 9.62 Å². The van der Waals surface area contributed by atoms with Crippen LogP contribution in [-0.4, -0.2) is 21.4 Å². The monoisotopic (exact) mass is 432 g/mol. The van der Waals surface area contributed by atoms with Crippen molar-refractivity contribution >= 4 is 38.9 Å². The molecule has 0 bridgehead atoms. The molecule has 29 heavy (non-hydrogen) atoms. The number of amides is 1. The first-order chi connectivity index (χ1) is 13.7. The molecule has 0 aliphatic heterocycles. The Labute approximate surface area is 173 Å². The molecule has 0 unspecified atom stereocenters. The topological polar surface area (TPSA) is 66.5 Å². The van der Waals surface area contributed by atoms with E-state index in [1.807, 2.05) is 0 Å². The van der Waals surface area contributed by atoms with Crippen LogP contribution in [0, 0.1) is 12.7 Å². The lowest BCUT2D eigenvalue weighted by atomic mass is 10.1. The van der Waals surface area contributed by atoms with E-state index in [1.54, 1.807) is 25.1 Å². The molecule has 0 atom stereocenters. The molecule has 0 heterocycles. The molecule has 0 spiro atoms. The first-order valence-electron chi connectivity index (χ1n) is 8.61. The van der Waals surface area contributed by atoms with Crippen molar-refractivity contribution in [2.75, 3.05) is 16.7 Å². The zero-order valence-electron chi connectivity index (χ0n) is 15.7. The minimum Gasteiger partial charge on any atom is -0.322 e. The summed E-state index contributed by atoms with van der Waals surface area (Å²) in [7, 11) is -2.57. The highest BCUT2D eigenvalue weighted by atomic mass is 35.5. The molecule has 1 N–H and O–H groups in total. The average Bonchev–Trinajstić information content (AvgIpc) is 2.71. The highest BCUT2D eigenvalue weighted by Gasteiger charge is 2.22. The fourth-order valence-corrected chi connectivity index (χ4v) is 4.10. The molecule has 0 aliphatic rings. The number of nitrogens with one attached hydrogen (secondary N) is 1. The Kier molecular flexibility index (Phi) is 5.91. The van der Waals surface area contributed by atoms with Gasteiger partial charge in [-0.05, 0) is 67.1 Å². The van der Waals surface area contributed by atoms with Crippen LogP contribution in [0.15, 0.2) is 71.6 Å². The SMILES string of the molecule is Cc1c(Cl)cccc1NC(=O)c1cccc(S(=O)(=O)N(C)c2ccc(F)cc2)c1. The second kappa shape index (κ2) is 8.23. The van der Waals surface area contributed by atoms with Crippen LogP contribution in [-0.2, 0) is 10.0 Å². The number of anilines is 2. The molecule has 1 amide bonds. The maximum absolute atomic E-state index is 13.1. The lowest BCUT2D eigenvalue weighted by molar-refractivity contribution is 0.102. The maximum Gasteiger partial charge on any atom is 0.264 e. The minimum atomic E-state index is -3.94. The van der Waals surface area contributed by atoms with Crippen LogP contribution in [0.3, 0.4) is 0 Å². The number of hydrogen-bond acceptors (Lipinski definition) is 3. The molecule has 0 aliphatic carbocycles. The van der Waals surface area contributed by atoms with Crippen LogP contribution >= 0.6 is 11.6 Å². The van der Waals surface area contributed by atoms with Crippen LogP contribution in [0.2, 0.25) is 5.02 Å². The van der Waals surface area contributed by atoms with Gasteiger partial charge in [0.05, 0.1) is 10.6 Å². The van der Waals surface area contributed by atoms with Gasteiger partial charge >= 0.3 is 0 Å². The Morgan fingerprint density at radius 2 is 1.69 bits per heavy atom. The van der Waals surface area contributed by atoms with E-state index in [2.05, 4.69) is 5.32 Å². The van der Waals surface area contributed by atoms with E-state index in [0.29, 0.717) is 22.0 Å². The number of carbonyl (C=O) groups excluding carboxylic acids is 1. The van der Waals surface area contributed by atoms with Crippen LogP contribution in [0.25, 0.3) is 0 Å². The van der Waals surface area contributed by atoms with Crippen molar-refractivity contribution in [3.8, 4) is 0 Å². The zero-order valence-corrected chi connectivity index (χ0v) is 17.3. The molecule has 0 fully saturated rings. The van der Waals surface area contributed by atoms with Crippen LogP contribution in [0.1, 0.15) is 15.9 Å². The van der Waals surface area contributed by atoms with Gasteiger partial charge in [-0.2, -0.15) is 0 Å². The van der Waals surface area contributed by atoms with Crippen molar-refractivity contribution in [2.24, 2.45) is 0 Å². The molecule has 3 rings (SSSR count). The van der Waals surface area contributed by atoms with Gasteiger partial charge in [0.1, 0.15) is 5.82 Å². The molecule has 5 nitrogen and oxygen atoms in total. The molecule has 3 aromatic carbocycles. The average molecular weight is 433 g/mol. The molecular weight excluding hydrogens is 415 g/mol. The number of hydrogen-bond donors (Lipinski definition) is 1. The first kappa shape index (κ1) is 20.8. The van der Waals surface area contributed by atoms with Crippen molar-refractivity contribution in [1.82, 2.24) is 0 Å². The largest absolute Gasteiger partial charge is 0.322 e. The molecule has 0 radical (unpaired) electrons. The van der Waals surface area contributed by atoms with Gasteiger partial charge in [0, 0.05) is 23.3 Å². The Balaban J connectivity index is 1.89. The lowest BCUT2D eigenvalue weighted by Gasteiger charge is -2.20. The smallest absolute Gasteiger partial charge is 0.264 e. The van der Waals surface area contributed by atoms with Gasteiger partial charge in [-0.25, -0.2) is 12.8 Å². The van der Waals surface area contributed by atoms with Crippen molar-refractivity contribution < 1.29 is 17.6 Å². The van der Waals surface area contributed by atoms with Gasteiger partial charge in [0.2, 0.25) is 0 Å². The summed E-state index contributed by atoms with van der Waals surface area (Å²) in [5, 5.41) is 3.25. The van der Waals surface area contributed by atoms with Crippen molar-refractivity contribution in [1.29, 1.82) is 0 Å². The lowest BCUT2D eigenvalue weighted by Crippen LogP contribution is -2.27. The number of nitrogens with zero attached hydrogens (tertiary/aromatic N) is 1. The first-order valence-corrected chi connectivity index (χ1v) is 10.4. The number of carbonyl (C=O) groups is 1. The van der Waals surface area contributed by atoms with Gasteiger partial charge in [0.25, 0.3) is 15.9 Å². The maximum atomic E-state index is 13.1. The molecule has 0 saturated carbocycles. The number of rotatable bonds is 5. The standard InChI is InChI=1S/C21H18ClFN2O3S/c1-14-19(22)7-4-8-20(14)24-21(26)15-5-3-6-18(13-15)29(27,28)25(2)17-11-9-16(23)10-12-17/h3-13H,1-2H3,(H,24,26). The van der Waals surface area contributed by atoms with E-state index in [1.165, 1.54) is 55.6 Å². The van der Waals surface area contributed by atoms with Crippen molar-refractivity contribution in [2.45, 2.75) is 11.8 Å². The van der Waals surface area contributed by atoms with E-state index in [4.69, 9.17) is 11.6 Å². The Hall–Kier alpha value is -2.90. The Morgan fingerprint density at radius 3 is 2.38 bits per heavy atom. The summed E-state index contributed by atoms with van der Waals surface area (Å²) in [4.78, 5) is 12.6. The van der Waals surface area contributed by atoms with Crippen molar-refractivity contribution in [3.05, 3.63) is 88.7 Å². The summed E-state index contributed by atoms with van der Waals surface area (Å²) in [6, 6.07) is 15.9. The van der Waals surface area contributed by atoms with Gasteiger partial charge < -0.3 is 5.32 Å². The van der Waals surface area contributed by atoms with Crippen LogP contribution in [0.5, 0.6) is 0 Å². The third kappa shape index (κ3) is 4.41.